The molecule has 1 atom stereocenters. The minimum Gasteiger partial charge on any atom is -0.379 e. The summed E-state index contributed by atoms with van der Waals surface area (Å²) in [6, 6.07) is 5.65. The fourth-order valence-electron chi connectivity index (χ4n) is 1.82. The molecule has 1 nitrogen and oxygen atoms in total. The van der Waals surface area contributed by atoms with Gasteiger partial charge in [-0.2, -0.15) is 11.8 Å². The molecule has 0 aromatic heterocycles. The number of aryl methyl sites for hydroxylation is 1. The third-order valence-corrected chi connectivity index (χ3v) is 3.86. The molecule has 1 N–H and O–H groups in total. The van der Waals surface area contributed by atoms with Gasteiger partial charge >= 0.3 is 0 Å². The van der Waals surface area contributed by atoms with Crippen LogP contribution in [0.1, 0.15) is 18.4 Å². The van der Waals surface area contributed by atoms with Crippen molar-refractivity contribution in [2.75, 3.05) is 16.8 Å². The van der Waals surface area contributed by atoms with Crippen LogP contribution in [0.25, 0.3) is 0 Å². The van der Waals surface area contributed by atoms with Gasteiger partial charge < -0.3 is 5.32 Å². The summed E-state index contributed by atoms with van der Waals surface area (Å²) in [6.45, 7) is 1.99. The summed E-state index contributed by atoms with van der Waals surface area (Å²) >= 11 is 1.95. The highest BCUT2D eigenvalue weighted by Crippen LogP contribution is 2.23. The molecule has 0 bridgehead atoms. The van der Waals surface area contributed by atoms with Gasteiger partial charge in [-0.15, -0.1) is 0 Å². The van der Waals surface area contributed by atoms with Crippen LogP contribution in [-0.4, -0.2) is 17.5 Å². The van der Waals surface area contributed by atoms with Crippen LogP contribution in [0, 0.1) is 12.7 Å². The number of anilines is 1. The number of halogens is 1. The van der Waals surface area contributed by atoms with E-state index in [1.165, 1.54) is 18.2 Å². The Labute approximate surface area is 94.5 Å². The summed E-state index contributed by atoms with van der Waals surface area (Å²) in [6.07, 6.45) is 2.39. The maximum absolute atomic E-state index is 13.5. The van der Waals surface area contributed by atoms with Gasteiger partial charge in [0.15, 0.2) is 0 Å². The van der Waals surface area contributed by atoms with Gasteiger partial charge in [0.1, 0.15) is 5.82 Å². The average Bonchev–Trinajstić information content (AvgIpc) is 2.25. The fourth-order valence-corrected chi connectivity index (χ4v) is 2.90. The van der Waals surface area contributed by atoms with Crippen LogP contribution < -0.4 is 5.32 Å². The molecule has 15 heavy (non-hydrogen) atoms. The predicted octanol–water partition coefficient (Wildman–Crippen LogP) is 3.44. The van der Waals surface area contributed by atoms with E-state index in [-0.39, 0.29) is 5.82 Å². The molecule has 2 rings (SSSR count). The number of benzene rings is 1. The first-order valence-corrected chi connectivity index (χ1v) is 6.51. The van der Waals surface area contributed by atoms with Crippen LogP contribution in [0.3, 0.4) is 0 Å². The normalized spacial score (nSPS) is 21.3. The zero-order valence-corrected chi connectivity index (χ0v) is 9.74. The average molecular weight is 225 g/mol. The molecule has 0 amide bonds. The zero-order chi connectivity index (χ0) is 10.7. The monoisotopic (exact) mass is 225 g/mol. The van der Waals surface area contributed by atoms with Crippen molar-refractivity contribution in [2.45, 2.75) is 25.8 Å². The van der Waals surface area contributed by atoms with Crippen LogP contribution in [0.15, 0.2) is 18.2 Å². The molecule has 1 heterocycles. The van der Waals surface area contributed by atoms with Crippen molar-refractivity contribution in [1.82, 2.24) is 0 Å². The lowest BCUT2D eigenvalue weighted by atomic mass is 10.1. The number of thioether (sulfide) groups is 1. The summed E-state index contributed by atoms with van der Waals surface area (Å²) in [5, 5.41) is 3.29. The molecule has 0 aliphatic carbocycles. The van der Waals surface area contributed by atoms with Gasteiger partial charge in [-0.05, 0) is 43.2 Å². The maximum atomic E-state index is 13.5. The minimum atomic E-state index is -0.142. The second kappa shape index (κ2) is 4.88. The summed E-state index contributed by atoms with van der Waals surface area (Å²) in [5.74, 6) is 2.19. The lowest BCUT2D eigenvalue weighted by Crippen LogP contribution is -2.26. The summed E-state index contributed by atoms with van der Waals surface area (Å²) in [7, 11) is 0. The summed E-state index contributed by atoms with van der Waals surface area (Å²) < 4.78 is 13.5. The van der Waals surface area contributed by atoms with E-state index in [9.17, 15) is 4.39 Å². The van der Waals surface area contributed by atoms with E-state index in [0.29, 0.717) is 11.7 Å². The first-order valence-electron chi connectivity index (χ1n) is 5.36. The molecule has 1 aliphatic heterocycles. The molecule has 0 saturated carbocycles. The smallest absolute Gasteiger partial charge is 0.146 e. The van der Waals surface area contributed by atoms with E-state index in [1.54, 1.807) is 6.07 Å². The molecule has 3 heteroatoms. The second-order valence-corrected chi connectivity index (χ2v) is 5.19. The van der Waals surface area contributed by atoms with E-state index in [2.05, 4.69) is 5.32 Å². The van der Waals surface area contributed by atoms with Gasteiger partial charge in [-0.1, -0.05) is 6.07 Å². The van der Waals surface area contributed by atoms with Gasteiger partial charge in [0.05, 0.1) is 5.69 Å². The highest BCUT2D eigenvalue weighted by molar-refractivity contribution is 7.99. The molecule has 82 valence electrons. The fraction of sp³-hybridized carbons (Fsp3) is 0.500. The first kappa shape index (κ1) is 10.8. The molecular formula is C12H16FNS. The van der Waals surface area contributed by atoms with Crippen molar-refractivity contribution in [2.24, 2.45) is 0 Å². The van der Waals surface area contributed by atoms with Gasteiger partial charge in [-0.3, -0.25) is 0 Å². The van der Waals surface area contributed by atoms with Gasteiger partial charge in [0.25, 0.3) is 0 Å². The molecule has 1 unspecified atom stereocenters. The maximum Gasteiger partial charge on any atom is 0.146 e. The quantitative estimate of drug-likeness (QED) is 0.827. The number of hydrogen-bond donors (Lipinski definition) is 1. The first-order chi connectivity index (χ1) is 7.25. The molecular weight excluding hydrogens is 209 g/mol. The molecule has 1 fully saturated rings. The van der Waals surface area contributed by atoms with Crippen LogP contribution in [0.5, 0.6) is 0 Å². The van der Waals surface area contributed by atoms with Crippen molar-refractivity contribution >= 4 is 17.4 Å². The predicted molar refractivity (Wildman–Crippen MR) is 65.1 cm³/mol. The Morgan fingerprint density at radius 3 is 3.07 bits per heavy atom. The molecule has 1 aromatic rings. The SMILES string of the molecule is Cc1ccc(F)c(NC2CCCSC2)c1. The standard InChI is InChI=1S/C12H16FNS/c1-9-4-5-11(13)12(7-9)14-10-3-2-6-15-8-10/h4-5,7,10,14H,2-3,6,8H2,1H3. The Kier molecular flexibility index (Phi) is 3.52. The van der Waals surface area contributed by atoms with Crippen LogP contribution in [0.4, 0.5) is 10.1 Å². The van der Waals surface area contributed by atoms with Gasteiger partial charge in [-0.25, -0.2) is 4.39 Å². The molecule has 0 spiro atoms. The van der Waals surface area contributed by atoms with Crippen molar-refractivity contribution in [3.63, 3.8) is 0 Å². The molecule has 1 aliphatic rings. The highest BCUT2D eigenvalue weighted by atomic mass is 32.2. The Balaban J connectivity index is 2.05. The van der Waals surface area contributed by atoms with E-state index in [0.717, 1.165) is 17.7 Å². The third kappa shape index (κ3) is 2.88. The molecule has 0 radical (unpaired) electrons. The van der Waals surface area contributed by atoms with Gasteiger partial charge in [0, 0.05) is 11.8 Å². The van der Waals surface area contributed by atoms with E-state index >= 15 is 0 Å². The van der Waals surface area contributed by atoms with Crippen molar-refractivity contribution in [3.8, 4) is 0 Å². The van der Waals surface area contributed by atoms with E-state index < -0.39 is 0 Å². The Morgan fingerprint density at radius 2 is 2.33 bits per heavy atom. The lowest BCUT2D eigenvalue weighted by Gasteiger charge is -2.23. The Hall–Kier alpha value is -0.700. The van der Waals surface area contributed by atoms with Crippen LogP contribution in [-0.2, 0) is 0 Å². The Bertz CT molecular complexity index is 334. The second-order valence-electron chi connectivity index (χ2n) is 4.04. The number of nitrogens with one attached hydrogen (secondary N) is 1. The van der Waals surface area contributed by atoms with E-state index in [4.69, 9.17) is 0 Å². The lowest BCUT2D eigenvalue weighted by molar-refractivity contribution is 0.619. The van der Waals surface area contributed by atoms with E-state index in [1.807, 2.05) is 24.8 Å². The number of rotatable bonds is 2. The Morgan fingerprint density at radius 1 is 1.47 bits per heavy atom. The van der Waals surface area contributed by atoms with Crippen LogP contribution in [0.2, 0.25) is 0 Å². The largest absolute Gasteiger partial charge is 0.379 e. The van der Waals surface area contributed by atoms with Gasteiger partial charge in [0.2, 0.25) is 0 Å². The molecule has 1 aromatic carbocycles. The summed E-state index contributed by atoms with van der Waals surface area (Å²) in [4.78, 5) is 0. The topological polar surface area (TPSA) is 12.0 Å². The van der Waals surface area contributed by atoms with Crippen LogP contribution >= 0.6 is 11.8 Å². The van der Waals surface area contributed by atoms with Crippen molar-refractivity contribution in [3.05, 3.63) is 29.6 Å². The molecule has 1 saturated heterocycles. The number of hydrogen-bond acceptors (Lipinski definition) is 2. The zero-order valence-electron chi connectivity index (χ0n) is 8.92. The highest BCUT2D eigenvalue weighted by Gasteiger charge is 2.14. The third-order valence-electron chi connectivity index (χ3n) is 2.64. The van der Waals surface area contributed by atoms with Crippen molar-refractivity contribution < 1.29 is 4.39 Å². The minimum absolute atomic E-state index is 0.142. The summed E-state index contributed by atoms with van der Waals surface area (Å²) in [5.41, 5.74) is 1.75. The van der Waals surface area contributed by atoms with Crippen molar-refractivity contribution in [1.29, 1.82) is 0 Å².